The molecule has 2 amide bonds. The molecule has 1 aromatic heterocycles. The Morgan fingerprint density at radius 2 is 1.54 bits per heavy atom. The zero-order chi connectivity index (χ0) is 26.0. The zero-order valence-corrected chi connectivity index (χ0v) is 21.0. The first kappa shape index (κ1) is 25.7. The van der Waals surface area contributed by atoms with E-state index in [1.165, 1.54) is 11.3 Å². The van der Waals surface area contributed by atoms with Crippen molar-refractivity contribution in [1.29, 1.82) is 0 Å². The molecule has 4 aromatic rings. The third kappa shape index (κ3) is 6.83. The van der Waals surface area contributed by atoms with Gasteiger partial charge in [0.15, 0.2) is 6.61 Å². The van der Waals surface area contributed by atoms with E-state index in [2.05, 4.69) is 10.6 Å². The van der Waals surface area contributed by atoms with Crippen molar-refractivity contribution in [2.75, 3.05) is 18.5 Å². The molecule has 7 nitrogen and oxygen atoms in total. The van der Waals surface area contributed by atoms with Gasteiger partial charge in [0.2, 0.25) is 0 Å². The van der Waals surface area contributed by atoms with Crippen molar-refractivity contribution < 1.29 is 23.9 Å². The smallest absolute Gasteiger partial charge is 0.341 e. The van der Waals surface area contributed by atoms with E-state index >= 15 is 0 Å². The summed E-state index contributed by atoms with van der Waals surface area (Å²) in [4.78, 5) is 37.7. The monoisotopic (exact) mass is 514 g/mol. The molecule has 0 aliphatic rings. The van der Waals surface area contributed by atoms with Crippen LogP contribution >= 0.6 is 11.3 Å². The highest BCUT2D eigenvalue weighted by atomic mass is 32.1. The molecular weight excluding hydrogens is 488 g/mol. The van der Waals surface area contributed by atoms with Crippen molar-refractivity contribution in [3.8, 4) is 16.9 Å². The molecule has 8 heteroatoms. The Labute approximate surface area is 219 Å². The summed E-state index contributed by atoms with van der Waals surface area (Å²) in [5, 5.41) is 7.85. The second kappa shape index (κ2) is 12.5. The van der Waals surface area contributed by atoms with Crippen LogP contribution in [0.4, 0.5) is 5.00 Å². The summed E-state index contributed by atoms with van der Waals surface area (Å²) in [7, 11) is 0. The predicted octanol–water partition coefficient (Wildman–Crippen LogP) is 5.54. The SMILES string of the molecule is CCOC(=O)c1c(-c2ccccc2)csc1NC(=O)COc1ccc(C(=O)NCc2ccccc2)cc1. The average Bonchev–Trinajstić information content (AvgIpc) is 3.35. The number of anilines is 1. The number of nitrogens with one attached hydrogen (secondary N) is 2. The maximum Gasteiger partial charge on any atom is 0.341 e. The van der Waals surface area contributed by atoms with Crippen LogP contribution in [0.1, 0.15) is 33.2 Å². The minimum absolute atomic E-state index is 0.202. The van der Waals surface area contributed by atoms with Gasteiger partial charge in [-0.3, -0.25) is 9.59 Å². The molecule has 0 aliphatic carbocycles. The van der Waals surface area contributed by atoms with Crippen LogP contribution in [-0.2, 0) is 16.1 Å². The number of benzene rings is 3. The lowest BCUT2D eigenvalue weighted by atomic mass is 10.0. The summed E-state index contributed by atoms with van der Waals surface area (Å²) in [6.45, 7) is 2.12. The summed E-state index contributed by atoms with van der Waals surface area (Å²) < 4.78 is 10.8. The molecule has 0 atom stereocenters. The molecule has 2 N–H and O–H groups in total. The van der Waals surface area contributed by atoms with E-state index in [1.54, 1.807) is 31.2 Å². The fourth-order valence-electron chi connectivity index (χ4n) is 3.58. The number of hydrogen-bond donors (Lipinski definition) is 2. The summed E-state index contributed by atoms with van der Waals surface area (Å²) in [5.41, 5.74) is 3.36. The molecule has 1 heterocycles. The molecule has 0 fully saturated rings. The fraction of sp³-hybridized carbons (Fsp3) is 0.138. The molecule has 37 heavy (non-hydrogen) atoms. The van der Waals surface area contributed by atoms with Gasteiger partial charge in [-0.05, 0) is 42.3 Å². The van der Waals surface area contributed by atoms with Gasteiger partial charge >= 0.3 is 5.97 Å². The van der Waals surface area contributed by atoms with E-state index in [1.807, 2.05) is 66.0 Å². The van der Waals surface area contributed by atoms with Crippen LogP contribution in [0.5, 0.6) is 5.75 Å². The number of hydrogen-bond acceptors (Lipinski definition) is 6. The second-order valence-electron chi connectivity index (χ2n) is 7.97. The first-order chi connectivity index (χ1) is 18.0. The minimum Gasteiger partial charge on any atom is -0.484 e. The van der Waals surface area contributed by atoms with Crippen molar-refractivity contribution in [3.63, 3.8) is 0 Å². The van der Waals surface area contributed by atoms with E-state index < -0.39 is 11.9 Å². The fourth-order valence-corrected chi connectivity index (χ4v) is 4.55. The van der Waals surface area contributed by atoms with E-state index in [9.17, 15) is 14.4 Å². The van der Waals surface area contributed by atoms with Crippen LogP contribution in [0.2, 0.25) is 0 Å². The van der Waals surface area contributed by atoms with E-state index in [0.29, 0.717) is 34.0 Å². The Morgan fingerprint density at radius 1 is 0.865 bits per heavy atom. The normalized spacial score (nSPS) is 10.4. The van der Waals surface area contributed by atoms with Gasteiger partial charge in [-0.2, -0.15) is 0 Å². The van der Waals surface area contributed by atoms with Crippen molar-refractivity contribution in [2.45, 2.75) is 13.5 Å². The predicted molar refractivity (Wildman–Crippen MR) is 144 cm³/mol. The molecule has 0 aliphatic heterocycles. The lowest BCUT2D eigenvalue weighted by molar-refractivity contribution is -0.118. The van der Waals surface area contributed by atoms with Crippen molar-refractivity contribution in [2.24, 2.45) is 0 Å². The number of rotatable bonds is 10. The Bertz CT molecular complexity index is 1350. The van der Waals surface area contributed by atoms with Gasteiger partial charge in [-0.15, -0.1) is 11.3 Å². The Kier molecular flexibility index (Phi) is 8.67. The summed E-state index contributed by atoms with van der Waals surface area (Å²) in [5.74, 6) is -0.681. The molecule has 0 unspecified atom stereocenters. The summed E-state index contributed by atoms with van der Waals surface area (Å²) in [6, 6.07) is 25.6. The average molecular weight is 515 g/mol. The van der Waals surface area contributed by atoms with Crippen LogP contribution < -0.4 is 15.4 Å². The quantitative estimate of drug-likeness (QED) is 0.271. The van der Waals surface area contributed by atoms with Gasteiger partial charge in [-0.1, -0.05) is 60.7 Å². The van der Waals surface area contributed by atoms with E-state index in [0.717, 1.165) is 11.1 Å². The lowest BCUT2D eigenvalue weighted by Crippen LogP contribution is -2.23. The third-order valence-corrected chi connectivity index (χ3v) is 6.29. The largest absolute Gasteiger partial charge is 0.484 e. The summed E-state index contributed by atoms with van der Waals surface area (Å²) >= 11 is 1.25. The topological polar surface area (TPSA) is 93.7 Å². The molecule has 0 radical (unpaired) electrons. The molecule has 0 saturated carbocycles. The van der Waals surface area contributed by atoms with Crippen LogP contribution in [0, 0.1) is 0 Å². The van der Waals surface area contributed by atoms with Crippen LogP contribution in [-0.4, -0.2) is 31.0 Å². The highest BCUT2D eigenvalue weighted by Crippen LogP contribution is 2.36. The number of amides is 2. The van der Waals surface area contributed by atoms with Gasteiger partial charge < -0.3 is 20.1 Å². The molecule has 3 aromatic carbocycles. The van der Waals surface area contributed by atoms with Crippen molar-refractivity contribution >= 4 is 34.1 Å². The maximum absolute atomic E-state index is 12.7. The van der Waals surface area contributed by atoms with Gasteiger partial charge in [0, 0.05) is 23.1 Å². The summed E-state index contributed by atoms with van der Waals surface area (Å²) in [6.07, 6.45) is 0. The molecule has 0 bridgehead atoms. The second-order valence-corrected chi connectivity index (χ2v) is 8.85. The molecule has 188 valence electrons. The number of esters is 1. The van der Waals surface area contributed by atoms with Gasteiger partial charge in [0.05, 0.1) is 6.61 Å². The van der Waals surface area contributed by atoms with E-state index in [-0.39, 0.29) is 19.1 Å². The third-order valence-electron chi connectivity index (χ3n) is 5.39. The van der Waals surface area contributed by atoms with Crippen molar-refractivity contribution in [1.82, 2.24) is 5.32 Å². The number of carbonyl (C=O) groups excluding carboxylic acids is 3. The van der Waals surface area contributed by atoms with E-state index in [4.69, 9.17) is 9.47 Å². The maximum atomic E-state index is 12.7. The van der Waals surface area contributed by atoms with Gasteiger partial charge in [0.1, 0.15) is 16.3 Å². The van der Waals surface area contributed by atoms with Crippen LogP contribution in [0.15, 0.2) is 90.3 Å². The molecule has 0 spiro atoms. The Morgan fingerprint density at radius 3 is 2.22 bits per heavy atom. The standard InChI is InChI=1S/C29H26N2O5S/c1-2-35-29(34)26-24(21-11-7-4-8-12-21)19-37-28(26)31-25(32)18-36-23-15-13-22(14-16-23)27(33)30-17-20-9-5-3-6-10-20/h3-16,19H,2,17-18H2,1H3,(H,30,33)(H,31,32). The number of carbonyl (C=O) groups is 3. The molecule has 4 rings (SSSR count). The van der Waals surface area contributed by atoms with Gasteiger partial charge in [0.25, 0.3) is 11.8 Å². The minimum atomic E-state index is -0.500. The van der Waals surface area contributed by atoms with Crippen molar-refractivity contribution in [3.05, 3.63) is 107 Å². The number of ether oxygens (including phenoxy) is 2. The highest BCUT2D eigenvalue weighted by molar-refractivity contribution is 7.15. The van der Waals surface area contributed by atoms with Crippen LogP contribution in [0.25, 0.3) is 11.1 Å². The lowest BCUT2D eigenvalue weighted by Gasteiger charge is -2.10. The first-order valence-electron chi connectivity index (χ1n) is 11.7. The van der Waals surface area contributed by atoms with Crippen LogP contribution in [0.3, 0.4) is 0 Å². The zero-order valence-electron chi connectivity index (χ0n) is 20.2. The van der Waals surface area contributed by atoms with Gasteiger partial charge in [-0.25, -0.2) is 4.79 Å². The molecule has 0 saturated heterocycles. The highest BCUT2D eigenvalue weighted by Gasteiger charge is 2.23. The molecular formula is C29H26N2O5S. The number of thiophene rings is 1. The Hall–Kier alpha value is -4.43. The first-order valence-corrected chi connectivity index (χ1v) is 12.6. The Balaban J connectivity index is 1.35.